The van der Waals surface area contributed by atoms with Gasteiger partial charge >= 0.3 is 25.8 Å². The summed E-state index contributed by atoms with van der Waals surface area (Å²) in [7, 11) is -4.59. The second kappa shape index (κ2) is 39.5. The number of hydrogen-bond donors (Lipinski definition) is 5. The molecule has 384 valence electrons. The number of carbonyl (C=O) groups excluding carboxylic acids is 5. The number of hydrogen-bond acceptors (Lipinski definition) is 11. The quantitative estimate of drug-likeness (QED) is 0.0167. The molecule has 0 aromatic rings. The van der Waals surface area contributed by atoms with Crippen molar-refractivity contribution in [1.29, 1.82) is 0 Å². The van der Waals surface area contributed by atoms with Crippen molar-refractivity contribution in [2.75, 3.05) is 38.7 Å². The van der Waals surface area contributed by atoms with Crippen LogP contribution in [0.15, 0.2) is 0 Å². The molecule has 0 aromatic carbocycles. The maximum absolute atomic E-state index is 12.8. The minimum absolute atomic E-state index is 0.0240. The van der Waals surface area contributed by atoms with Crippen LogP contribution in [-0.4, -0.2) is 96.8 Å². The summed E-state index contributed by atoms with van der Waals surface area (Å²) in [4.78, 5) is 72.2. The standard InChI is InChI=1S/C49H91N4O11PS/c1-3-5-7-9-11-13-15-17-19-21-23-25-29-33-44(55)61-38-41(64-45(56)34-30-26-24-22-20-18-16-14-12-10-8-6-4-2)39-63-65(59,60)62-37-36-50-43(54)32-28-27-31-35-51-48(57)47-46-42(40-66-47)52-49(58)53-46/h41-42,46-47H,3-40H2,1-2H3,(H,50,54)(H,51,57)(H,59,60)(H2,52,53,58)/t41-,42+,46+,47+/m1/s1. The third-order valence-electron chi connectivity index (χ3n) is 12.3. The van der Waals surface area contributed by atoms with E-state index in [4.69, 9.17) is 18.5 Å². The summed E-state index contributed by atoms with van der Waals surface area (Å²) in [6.45, 7) is 3.82. The van der Waals surface area contributed by atoms with Gasteiger partial charge in [-0.15, -0.1) is 11.8 Å². The van der Waals surface area contributed by atoms with Gasteiger partial charge in [-0.05, 0) is 25.7 Å². The molecule has 2 aliphatic rings. The molecule has 5 atom stereocenters. The molecule has 2 heterocycles. The van der Waals surface area contributed by atoms with Crippen LogP contribution in [-0.2, 0) is 42.3 Å². The van der Waals surface area contributed by atoms with E-state index < -0.39 is 32.5 Å². The molecule has 0 saturated carbocycles. The highest BCUT2D eigenvalue weighted by molar-refractivity contribution is 8.01. The van der Waals surface area contributed by atoms with Gasteiger partial charge in [0.05, 0.1) is 25.3 Å². The predicted molar refractivity (Wildman–Crippen MR) is 263 cm³/mol. The van der Waals surface area contributed by atoms with E-state index in [9.17, 15) is 33.4 Å². The molecule has 2 rings (SSSR count). The third-order valence-corrected chi connectivity index (χ3v) is 14.7. The molecular weight excluding hydrogens is 884 g/mol. The van der Waals surface area contributed by atoms with Gasteiger partial charge in [0, 0.05) is 38.1 Å². The summed E-state index contributed by atoms with van der Waals surface area (Å²) in [6, 6.07) is -0.472. The Morgan fingerprint density at radius 2 is 1.11 bits per heavy atom. The van der Waals surface area contributed by atoms with Crippen LogP contribution in [0, 0.1) is 0 Å². The van der Waals surface area contributed by atoms with Crippen LogP contribution in [0.25, 0.3) is 0 Å². The van der Waals surface area contributed by atoms with Crippen LogP contribution < -0.4 is 21.3 Å². The second-order valence-electron chi connectivity index (χ2n) is 18.3. The number of unbranched alkanes of at least 4 members (excludes halogenated alkanes) is 26. The Morgan fingerprint density at radius 3 is 1.65 bits per heavy atom. The Hall–Kier alpha value is -2.39. The van der Waals surface area contributed by atoms with E-state index in [1.165, 1.54) is 127 Å². The van der Waals surface area contributed by atoms with E-state index in [2.05, 4.69) is 35.1 Å². The molecular formula is C49H91N4O11PS. The zero-order chi connectivity index (χ0) is 47.9. The topological polar surface area (TPSA) is 208 Å². The number of ether oxygens (including phenoxy) is 2. The molecule has 0 aliphatic carbocycles. The number of esters is 2. The van der Waals surface area contributed by atoms with Gasteiger partial charge in [0.25, 0.3) is 0 Å². The fraction of sp³-hybridized carbons (Fsp3) is 0.898. The Kier molecular flexibility index (Phi) is 35.7. The number of rotatable bonds is 45. The molecule has 15 nitrogen and oxygen atoms in total. The molecule has 1 unspecified atom stereocenters. The van der Waals surface area contributed by atoms with Crippen molar-refractivity contribution in [3.8, 4) is 0 Å². The molecule has 17 heteroatoms. The van der Waals surface area contributed by atoms with Crippen LogP contribution in [0.1, 0.15) is 219 Å². The molecule has 0 radical (unpaired) electrons. The average Bonchev–Trinajstić information content (AvgIpc) is 3.86. The van der Waals surface area contributed by atoms with Crippen LogP contribution >= 0.6 is 19.6 Å². The van der Waals surface area contributed by atoms with Crippen molar-refractivity contribution >= 4 is 49.4 Å². The number of phosphoric ester groups is 1. The normalized spacial score (nSPS) is 17.9. The van der Waals surface area contributed by atoms with Crippen molar-refractivity contribution in [2.24, 2.45) is 0 Å². The Bertz CT molecular complexity index is 1360. The number of carbonyl (C=O) groups is 5. The first-order chi connectivity index (χ1) is 32.0. The SMILES string of the molecule is CCCCCCCCCCCCCCCC(=O)OC[C@H](COP(=O)(O)OCCNC(=O)CCCCCNC(=O)[C@H]1SC[C@@H]2NC(=O)N[C@@H]21)OC(=O)CCCCCCCCCCCCCCC. The lowest BCUT2D eigenvalue weighted by Crippen LogP contribution is -2.45. The maximum Gasteiger partial charge on any atom is 0.472 e. The van der Waals surface area contributed by atoms with Crippen molar-refractivity contribution in [3.63, 3.8) is 0 Å². The van der Waals surface area contributed by atoms with Crippen LogP contribution in [0.2, 0.25) is 0 Å². The highest BCUT2D eigenvalue weighted by Crippen LogP contribution is 2.43. The number of fused-ring (bicyclic) bond motifs is 1. The largest absolute Gasteiger partial charge is 0.472 e. The molecule has 0 spiro atoms. The highest BCUT2D eigenvalue weighted by Gasteiger charge is 2.46. The Balaban J connectivity index is 1.63. The highest BCUT2D eigenvalue weighted by atomic mass is 32.2. The number of phosphoric acid groups is 1. The second-order valence-corrected chi connectivity index (χ2v) is 21.0. The maximum atomic E-state index is 12.8. The molecule has 2 saturated heterocycles. The van der Waals surface area contributed by atoms with Crippen molar-refractivity contribution < 1.29 is 52.0 Å². The van der Waals surface area contributed by atoms with E-state index in [1.807, 2.05) is 0 Å². The molecule has 0 aromatic heterocycles. The summed E-state index contributed by atoms with van der Waals surface area (Å²) in [5.41, 5.74) is 0. The first kappa shape index (κ1) is 59.7. The Morgan fingerprint density at radius 1 is 0.621 bits per heavy atom. The lowest BCUT2D eigenvalue weighted by molar-refractivity contribution is -0.161. The monoisotopic (exact) mass is 975 g/mol. The van der Waals surface area contributed by atoms with E-state index in [-0.39, 0.29) is 74.2 Å². The minimum atomic E-state index is -4.59. The lowest BCUT2D eigenvalue weighted by atomic mass is 10.0. The van der Waals surface area contributed by atoms with Crippen LogP contribution in [0.4, 0.5) is 4.79 Å². The molecule has 4 amide bonds. The van der Waals surface area contributed by atoms with E-state index in [0.29, 0.717) is 44.4 Å². The van der Waals surface area contributed by atoms with E-state index >= 15 is 0 Å². The number of thioether (sulfide) groups is 1. The van der Waals surface area contributed by atoms with E-state index in [1.54, 1.807) is 0 Å². The van der Waals surface area contributed by atoms with Crippen LogP contribution in [0.5, 0.6) is 0 Å². The molecule has 2 aliphatic heterocycles. The van der Waals surface area contributed by atoms with E-state index in [0.717, 1.165) is 38.5 Å². The fourth-order valence-corrected chi connectivity index (χ4v) is 10.4. The van der Waals surface area contributed by atoms with Gasteiger partial charge in [-0.1, -0.05) is 174 Å². The first-order valence-corrected chi connectivity index (χ1v) is 28.8. The third kappa shape index (κ3) is 31.6. The molecule has 2 fully saturated rings. The van der Waals surface area contributed by atoms with Gasteiger partial charge in [0.15, 0.2) is 6.10 Å². The minimum Gasteiger partial charge on any atom is -0.462 e. The van der Waals surface area contributed by atoms with Gasteiger partial charge in [-0.25, -0.2) is 9.36 Å². The van der Waals surface area contributed by atoms with Gasteiger partial charge in [-0.3, -0.25) is 28.2 Å². The van der Waals surface area contributed by atoms with Crippen molar-refractivity contribution in [1.82, 2.24) is 21.3 Å². The zero-order valence-electron chi connectivity index (χ0n) is 41.1. The fourth-order valence-electron chi connectivity index (χ4n) is 8.28. The van der Waals surface area contributed by atoms with Gasteiger partial charge in [0.2, 0.25) is 11.8 Å². The van der Waals surface area contributed by atoms with Crippen LogP contribution in [0.3, 0.4) is 0 Å². The number of urea groups is 1. The lowest BCUT2D eigenvalue weighted by Gasteiger charge is -2.20. The summed E-state index contributed by atoms with van der Waals surface area (Å²) in [5.74, 6) is -0.558. The summed E-state index contributed by atoms with van der Waals surface area (Å²) in [5, 5.41) is 10.9. The molecule has 5 N–H and O–H groups in total. The molecule has 0 bridgehead atoms. The summed E-state index contributed by atoms with van der Waals surface area (Å²) >= 11 is 1.52. The summed E-state index contributed by atoms with van der Waals surface area (Å²) < 4.78 is 34.0. The van der Waals surface area contributed by atoms with Gasteiger partial charge in [0.1, 0.15) is 11.9 Å². The van der Waals surface area contributed by atoms with Gasteiger partial charge < -0.3 is 35.6 Å². The van der Waals surface area contributed by atoms with Gasteiger partial charge in [-0.2, -0.15) is 0 Å². The van der Waals surface area contributed by atoms with Crippen molar-refractivity contribution in [3.05, 3.63) is 0 Å². The number of amides is 4. The first-order valence-electron chi connectivity index (χ1n) is 26.2. The van der Waals surface area contributed by atoms with Crippen molar-refractivity contribution in [2.45, 2.75) is 243 Å². The smallest absolute Gasteiger partial charge is 0.462 e. The number of nitrogens with one attached hydrogen (secondary N) is 4. The molecule has 66 heavy (non-hydrogen) atoms. The average molecular weight is 975 g/mol. The summed E-state index contributed by atoms with van der Waals surface area (Å²) in [6.07, 6.45) is 32.6. The predicted octanol–water partition coefficient (Wildman–Crippen LogP) is 10.5. The zero-order valence-corrected chi connectivity index (χ0v) is 42.8. The Labute approximate surface area is 402 Å².